The number of hydrogen-bond acceptors (Lipinski definition) is 3. The number of ether oxygens (including phenoxy) is 1. The standard InChI is InChI=1S/C15H15NO3/c1-2-12-4-3-5-14(16-12)11-6-8-13(9-7-11)19-10-15(17)18/h3-9H,2,10H2,1H3,(H,17,18). The largest absolute Gasteiger partial charge is 0.482 e. The Labute approximate surface area is 111 Å². The van der Waals surface area contributed by atoms with E-state index in [0.717, 1.165) is 23.4 Å². The molecule has 0 spiro atoms. The summed E-state index contributed by atoms with van der Waals surface area (Å²) in [6.45, 7) is 1.73. The molecular formula is C15H15NO3. The van der Waals surface area contributed by atoms with Crippen LogP contribution in [0.25, 0.3) is 11.3 Å². The summed E-state index contributed by atoms with van der Waals surface area (Å²) in [5.74, 6) is -0.445. The van der Waals surface area contributed by atoms with Gasteiger partial charge in [-0.3, -0.25) is 4.98 Å². The van der Waals surface area contributed by atoms with Gasteiger partial charge in [-0.25, -0.2) is 4.79 Å². The molecule has 0 saturated heterocycles. The van der Waals surface area contributed by atoms with Gasteiger partial charge in [0.2, 0.25) is 0 Å². The molecule has 0 amide bonds. The van der Waals surface area contributed by atoms with E-state index in [4.69, 9.17) is 9.84 Å². The van der Waals surface area contributed by atoms with Crippen molar-refractivity contribution in [2.45, 2.75) is 13.3 Å². The number of nitrogens with zero attached hydrogens (tertiary/aromatic N) is 1. The molecule has 0 aliphatic rings. The lowest BCUT2D eigenvalue weighted by Gasteiger charge is -2.06. The third-order valence-corrected chi connectivity index (χ3v) is 2.68. The lowest BCUT2D eigenvalue weighted by molar-refractivity contribution is -0.139. The van der Waals surface area contributed by atoms with Crippen LogP contribution in [0.1, 0.15) is 12.6 Å². The minimum Gasteiger partial charge on any atom is -0.482 e. The highest BCUT2D eigenvalue weighted by Crippen LogP contribution is 2.21. The number of aryl methyl sites for hydroxylation is 1. The minimum absolute atomic E-state index is 0.330. The Kier molecular flexibility index (Phi) is 4.13. The number of aliphatic carboxylic acids is 1. The first-order valence-electron chi connectivity index (χ1n) is 6.10. The summed E-state index contributed by atoms with van der Waals surface area (Å²) in [5.41, 5.74) is 2.94. The normalized spacial score (nSPS) is 10.2. The first-order valence-corrected chi connectivity index (χ1v) is 6.10. The summed E-state index contributed by atoms with van der Waals surface area (Å²) in [6, 6.07) is 13.2. The Morgan fingerprint density at radius 3 is 2.58 bits per heavy atom. The highest BCUT2D eigenvalue weighted by molar-refractivity contribution is 5.68. The second-order valence-electron chi connectivity index (χ2n) is 4.07. The molecule has 4 nitrogen and oxygen atoms in total. The van der Waals surface area contributed by atoms with E-state index < -0.39 is 5.97 Å². The van der Waals surface area contributed by atoms with Gasteiger partial charge in [0.25, 0.3) is 0 Å². The maximum atomic E-state index is 10.4. The number of carbonyl (C=O) groups is 1. The van der Waals surface area contributed by atoms with Gasteiger partial charge in [-0.15, -0.1) is 0 Å². The SMILES string of the molecule is CCc1cccc(-c2ccc(OCC(=O)O)cc2)n1. The van der Waals surface area contributed by atoms with Gasteiger partial charge in [-0.1, -0.05) is 13.0 Å². The summed E-state index contributed by atoms with van der Waals surface area (Å²) in [4.78, 5) is 14.9. The maximum absolute atomic E-state index is 10.4. The van der Waals surface area contributed by atoms with Gasteiger partial charge >= 0.3 is 5.97 Å². The molecule has 0 saturated carbocycles. The molecule has 0 unspecified atom stereocenters. The smallest absolute Gasteiger partial charge is 0.341 e. The van der Waals surface area contributed by atoms with E-state index in [1.54, 1.807) is 12.1 Å². The van der Waals surface area contributed by atoms with Crippen molar-refractivity contribution in [3.8, 4) is 17.0 Å². The van der Waals surface area contributed by atoms with Crippen LogP contribution >= 0.6 is 0 Å². The fraction of sp³-hybridized carbons (Fsp3) is 0.200. The van der Waals surface area contributed by atoms with Gasteiger partial charge in [-0.2, -0.15) is 0 Å². The fourth-order valence-corrected chi connectivity index (χ4v) is 1.70. The second-order valence-corrected chi connectivity index (χ2v) is 4.07. The van der Waals surface area contributed by atoms with E-state index >= 15 is 0 Å². The van der Waals surface area contributed by atoms with Crippen LogP contribution in [-0.4, -0.2) is 22.7 Å². The predicted molar refractivity (Wildman–Crippen MR) is 72.2 cm³/mol. The van der Waals surface area contributed by atoms with Crippen LogP contribution in [0.4, 0.5) is 0 Å². The number of rotatable bonds is 5. The zero-order valence-electron chi connectivity index (χ0n) is 10.7. The highest BCUT2D eigenvalue weighted by atomic mass is 16.5. The van der Waals surface area contributed by atoms with Crippen LogP contribution in [0.2, 0.25) is 0 Å². The second kappa shape index (κ2) is 6.00. The van der Waals surface area contributed by atoms with E-state index in [0.29, 0.717) is 5.75 Å². The van der Waals surface area contributed by atoms with Crippen molar-refractivity contribution >= 4 is 5.97 Å². The summed E-state index contributed by atoms with van der Waals surface area (Å²) < 4.78 is 5.08. The molecule has 1 aromatic heterocycles. The lowest BCUT2D eigenvalue weighted by Crippen LogP contribution is -2.09. The maximum Gasteiger partial charge on any atom is 0.341 e. The fourth-order valence-electron chi connectivity index (χ4n) is 1.70. The molecule has 1 aromatic carbocycles. The molecular weight excluding hydrogens is 242 g/mol. The Bertz CT molecular complexity index is 564. The van der Waals surface area contributed by atoms with Crippen molar-refractivity contribution in [1.82, 2.24) is 4.98 Å². The topological polar surface area (TPSA) is 59.4 Å². The zero-order valence-corrected chi connectivity index (χ0v) is 10.7. The summed E-state index contributed by atoms with van der Waals surface area (Å²) in [6.07, 6.45) is 0.896. The Morgan fingerprint density at radius 2 is 1.95 bits per heavy atom. The van der Waals surface area contributed by atoms with Crippen molar-refractivity contribution in [1.29, 1.82) is 0 Å². The van der Waals surface area contributed by atoms with Gasteiger partial charge in [0.05, 0.1) is 5.69 Å². The molecule has 2 rings (SSSR count). The van der Waals surface area contributed by atoms with E-state index in [2.05, 4.69) is 11.9 Å². The molecule has 1 N–H and O–H groups in total. The Morgan fingerprint density at radius 1 is 1.21 bits per heavy atom. The predicted octanol–water partition coefficient (Wildman–Crippen LogP) is 2.77. The molecule has 0 atom stereocenters. The van der Waals surface area contributed by atoms with Crippen LogP contribution in [0.5, 0.6) is 5.75 Å². The van der Waals surface area contributed by atoms with Crippen LogP contribution in [0, 0.1) is 0 Å². The van der Waals surface area contributed by atoms with Crippen LogP contribution in [-0.2, 0) is 11.2 Å². The van der Waals surface area contributed by atoms with Crippen LogP contribution < -0.4 is 4.74 Å². The van der Waals surface area contributed by atoms with Crippen molar-refractivity contribution in [3.05, 3.63) is 48.2 Å². The summed E-state index contributed by atoms with van der Waals surface area (Å²) in [5, 5.41) is 8.53. The molecule has 1 heterocycles. The number of carboxylic acids is 1. The monoisotopic (exact) mass is 257 g/mol. The van der Waals surface area contributed by atoms with Gasteiger partial charge in [0, 0.05) is 11.3 Å². The van der Waals surface area contributed by atoms with E-state index in [1.807, 2.05) is 30.3 Å². The average molecular weight is 257 g/mol. The summed E-state index contributed by atoms with van der Waals surface area (Å²) in [7, 11) is 0. The van der Waals surface area contributed by atoms with E-state index in [9.17, 15) is 4.79 Å². The lowest BCUT2D eigenvalue weighted by atomic mass is 10.1. The van der Waals surface area contributed by atoms with Crippen molar-refractivity contribution in [3.63, 3.8) is 0 Å². The van der Waals surface area contributed by atoms with E-state index in [1.165, 1.54) is 0 Å². The number of hydrogen-bond donors (Lipinski definition) is 1. The first kappa shape index (κ1) is 13.1. The van der Waals surface area contributed by atoms with Crippen molar-refractivity contribution < 1.29 is 14.6 Å². The Hall–Kier alpha value is -2.36. The van der Waals surface area contributed by atoms with Crippen LogP contribution in [0.15, 0.2) is 42.5 Å². The first-order chi connectivity index (χ1) is 9.19. The molecule has 4 heteroatoms. The third kappa shape index (κ3) is 3.55. The number of pyridine rings is 1. The van der Waals surface area contributed by atoms with Crippen LogP contribution in [0.3, 0.4) is 0 Å². The van der Waals surface area contributed by atoms with Gasteiger partial charge in [0.1, 0.15) is 5.75 Å². The zero-order chi connectivity index (χ0) is 13.7. The van der Waals surface area contributed by atoms with Gasteiger partial charge in [0.15, 0.2) is 6.61 Å². The van der Waals surface area contributed by atoms with Crippen molar-refractivity contribution in [2.24, 2.45) is 0 Å². The Balaban J connectivity index is 2.15. The van der Waals surface area contributed by atoms with Gasteiger partial charge < -0.3 is 9.84 Å². The molecule has 0 aliphatic heterocycles. The quantitative estimate of drug-likeness (QED) is 0.894. The van der Waals surface area contributed by atoms with E-state index in [-0.39, 0.29) is 6.61 Å². The molecule has 0 aliphatic carbocycles. The number of aromatic nitrogens is 1. The molecule has 0 bridgehead atoms. The highest BCUT2D eigenvalue weighted by Gasteiger charge is 2.02. The molecule has 2 aromatic rings. The minimum atomic E-state index is -0.985. The molecule has 0 radical (unpaired) electrons. The third-order valence-electron chi connectivity index (χ3n) is 2.68. The number of carboxylic acid groups (broad SMARTS) is 1. The molecule has 0 fully saturated rings. The average Bonchev–Trinajstić information content (AvgIpc) is 2.45. The van der Waals surface area contributed by atoms with Crippen molar-refractivity contribution in [2.75, 3.05) is 6.61 Å². The number of benzene rings is 1. The summed E-state index contributed by atoms with van der Waals surface area (Å²) >= 11 is 0. The van der Waals surface area contributed by atoms with Gasteiger partial charge in [-0.05, 0) is 42.8 Å². The molecule has 19 heavy (non-hydrogen) atoms. The molecule has 98 valence electrons.